The van der Waals surface area contributed by atoms with Gasteiger partial charge in [-0.25, -0.2) is 14.4 Å². The summed E-state index contributed by atoms with van der Waals surface area (Å²) in [4.78, 5) is 8.90. The van der Waals surface area contributed by atoms with E-state index in [-0.39, 0.29) is 29.8 Å². The van der Waals surface area contributed by atoms with Crippen LogP contribution in [0.3, 0.4) is 0 Å². The van der Waals surface area contributed by atoms with Crippen LogP contribution in [0.15, 0.2) is 71.9 Å². The summed E-state index contributed by atoms with van der Waals surface area (Å²) >= 11 is 0. The Labute approximate surface area is 198 Å². The van der Waals surface area contributed by atoms with Crippen molar-refractivity contribution in [2.45, 2.75) is 20.0 Å². The predicted octanol–water partition coefficient (Wildman–Crippen LogP) is 4.89. The monoisotopic (exact) mass is 536 g/mol. The van der Waals surface area contributed by atoms with Gasteiger partial charge in [0.1, 0.15) is 17.3 Å². The number of nitrogens with one attached hydrogen (secondary N) is 2. The fourth-order valence-corrected chi connectivity index (χ4v) is 2.63. The molecule has 0 saturated heterocycles. The van der Waals surface area contributed by atoms with Gasteiger partial charge in [-0.05, 0) is 54.4 Å². The van der Waals surface area contributed by atoms with Gasteiger partial charge in [0, 0.05) is 25.4 Å². The molecule has 2 N–H and O–H groups in total. The van der Waals surface area contributed by atoms with E-state index in [1.165, 1.54) is 12.1 Å². The number of hydrogen-bond acceptors (Lipinski definition) is 4. The van der Waals surface area contributed by atoms with E-state index in [1.54, 1.807) is 31.5 Å². The second-order valence-electron chi connectivity index (χ2n) is 6.46. The zero-order valence-electron chi connectivity index (χ0n) is 17.5. The van der Waals surface area contributed by atoms with Gasteiger partial charge in [-0.15, -0.1) is 24.0 Å². The topological polar surface area (TPSA) is 67.8 Å². The molecule has 1 heterocycles. The normalized spacial score (nSPS) is 10.7. The highest BCUT2D eigenvalue weighted by atomic mass is 127. The van der Waals surface area contributed by atoms with Crippen molar-refractivity contribution >= 4 is 29.9 Å². The van der Waals surface area contributed by atoms with Crippen LogP contribution < -0.4 is 20.1 Å². The van der Waals surface area contributed by atoms with Crippen molar-refractivity contribution in [1.82, 2.24) is 15.6 Å². The molecule has 164 valence electrons. The van der Waals surface area contributed by atoms with Crippen molar-refractivity contribution in [3.8, 4) is 17.4 Å². The van der Waals surface area contributed by atoms with Crippen LogP contribution >= 0.6 is 24.0 Å². The lowest BCUT2D eigenvalue weighted by Gasteiger charge is -2.12. The van der Waals surface area contributed by atoms with Crippen LogP contribution in [0.4, 0.5) is 4.39 Å². The lowest BCUT2D eigenvalue weighted by Crippen LogP contribution is -2.36. The van der Waals surface area contributed by atoms with Gasteiger partial charge in [0.2, 0.25) is 5.88 Å². The standard InChI is InChI=1S/C23H25FN4O2.HI/c1-3-25-23(27-14-17-4-9-20(29-2)10-5-17)28-16-18-6-13-22(26-15-18)30-21-11-7-19(24)8-12-21;/h4-13,15H,3,14,16H2,1-2H3,(H2,25,27,28);1H. The van der Waals surface area contributed by atoms with Crippen molar-refractivity contribution in [2.75, 3.05) is 13.7 Å². The predicted molar refractivity (Wildman–Crippen MR) is 131 cm³/mol. The molecule has 0 spiro atoms. The molecule has 0 aliphatic rings. The summed E-state index contributed by atoms with van der Waals surface area (Å²) in [7, 11) is 1.65. The molecule has 3 aromatic rings. The van der Waals surface area contributed by atoms with Crippen LogP contribution in [-0.4, -0.2) is 24.6 Å². The number of pyridine rings is 1. The Morgan fingerprint density at radius 1 is 0.935 bits per heavy atom. The Balaban J connectivity index is 0.00000341. The molecular formula is C23H26FIN4O2. The first-order chi connectivity index (χ1) is 14.7. The smallest absolute Gasteiger partial charge is 0.219 e. The maximum Gasteiger partial charge on any atom is 0.219 e. The highest BCUT2D eigenvalue weighted by Crippen LogP contribution is 2.19. The molecule has 8 heteroatoms. The summed E-state index contributed by atoms with van der Waals surface area (Å²) in [5.74, 6) is 2.23. The Kier molecular flexibility index (Phi) is 10.0. The molecular weight excluding hydrogens is 510 g/mol. The highest BCUT2D eigenvalue weighted by molar-refractivity contribution is 14.0. The lowest BCUT2D eigenvalue weighted by atomic mass is 10.2. The Hall–Kier alpha value is -2.88. The maximum atomic E-state index is 13.0. The molecule has 3 rings (SSSR count). The van der Waals surface area contributed by atoms with Gasteiger partial charge >= 0.3 is 0 Å². The number of hydrogen-bond donors (Lipinski definition) is 2. The van der Waals surface area contributed by atoms with Gasteiger partial charge in [-0.2, -0.15) is 0 Å². The number of methoxy groups -OCH3 is 1. The largest absolute Gasteiger partial charge is 0.497 e. The number of rotatable bonds is 8. The fourth-order valence-electron chi connectivity index (χ4n) is 2.63. The van der Waals surface area contributed by atoms with Crippen LogP contribution in [0.25, 0.3) is 0 Å². The molecule has 0 aliphatic carbocycles. The van der Waals surface area contributed by atoms with Crippen LogP contribution in [0, 0.1) is 5.82 Å². The minimum atomic E-state index is -0.305. The molecule has 0 atom stereocenters. The summed E-state index contributed by atoms with van der Waals surface area (Å²) in [6.07, 6.45) is 1.72. The second kappa shape index (κ2) is 12.7. The zero-order chi connectivity index (χ0) is 21.2. The Morgan fingerprint density at radius 2 is 1.61 bits per heavy atom. The molecule has 0 radical (unpaired) electrons. The average Bonchev–Trinajstić information content (AvgIpc) is 2.78. The number of nitrogens with zero attached hydrogens (tertiary/aromatic N) is 2. The van der Waals surface area contributed by atoms with Gasteiger partial charge in [-0.3, -0.25) is 0 Å². The molecule has 6 nitrogen and oxygen atoms in total. The van der Waals surface area contributed by atoms with E-state index in [1.807, 2.05) is 37.3 Å². The minimum Gasteiger partial charge on any atom is -0.497 e. The Morgan fingerprint density at radius 3 is 2.23 bits per heavy atom. The first-order valence-corrected chi connectivity index (χ1v) is 9.69. The van der Waals surface area contributed by atoms with Gasteiger partial charge in [0.05, 0.1) is 13.7 Å². The third kappa shape index (κ3) is 8.05. The van der Waals surface area contributed by atoms with Gasteiger partial charge < -0.3 is 20.1 Å². The molecule has 31 heavy (non-hydrogen) atoms. The first kappa shape index (κ1) is 24.4. The molecule has 0 bridgehead atoms. The summed E-state index contributed by atoms with van der Waals surface area (Å²) in [5.41, 5.74) is 2.08. The number of ether oxygens (including phenoxy) is 2. The van der Waals surface area contributed by atoms with E-state index >= 15 is 0 Å². The number of aliphatic imine (C=N–C) groups is 1. The maximum absolute atomic E-state index is 13.0. The van der Waals surface area contributed by atoms with Gasteiger partial charge in [0.15, 0.2) is 5.96 Å². The average molecular weight is 536 g/mol. The van der Waals surface area contributed by atoms with E-state index in [0.717, 1.165) is 29.4 Å². The van der Waals surface area contributed by atoms with E-state index in [0.29, 0.717) is 24.7 Å². The summed E-state index contributed by atoms with van der Waals surface area (Å²) in [6, 6.07) is 17.4. The first-order valence-electron chi connectivity index (χ1n) is 9.69. The Bertz CT molecular complexity index is 949. The minimum absolute atomic E-state index is 0. The fraction of sp³-hybridized carbons (Fsp3) is 0.217. The third-order valence-electron chi connectivity index (χ3n) is 4.22. The number of benzene rings is 2. The van der Waals surface area contributed by atoms with E-state index < -0.39 is 0 Å². The number of halogens is 2. The van der Waals surface area contributed by atoms with Crippen LogP contribution in [0.5, 0.6) is 17.4 Å². The zero-order valence-corrected chi connectivity index (χ0v) is 19.8. The molecule has 2 aromatic carbocycles. The van der Waals surface area contributed by atoms with Crippen LogP contribution in [0.2, 0.25) is 0 Å². The van der Waals surface area contributed by atoms with Crippen molar-refractivity contribution in [3.63, 3.8) is 0 Å². The molecule has 1 aromatic heterocycles. The summed E-state index contributed by atoms with van der Waals surface area (Å²) < 4.78 is 23.8. The number of guanidine groups is 1. The van der Waals surface area contributed by atoms with E-state index in [9.17, 15) is 4.39 Å². The second-order valence-corrected chi connectivity index (χ2v) is 6.46. The van der Waals surface area contributed by atoms with Crippen molar-refractivity contribution in [3.05, 3.63) is 83.8 Å². The molecule has 0 fully saturated rings. The van der Waals surface area contributed by atoms with Crippen LogP contribution in [-0.2, 0) is 13.1 Å². The van der Waals surface area contributed by atoms with Crippen molar-refractivity contribution < 1.29 is 13.9 Å². The van der Waals surface area contributed by atoms with Crippen molar-refractivity contribution in [2.24, 2.45) is 4.99 Å². The molecule has 0 unspecified atom stereocenters. The molecule has 0 amide bonds. The van der Waals surface area contributed by atoms with E-state index in [2.05, 4.69) is 20.6 Å². The van der Waals surface area contributed by atoms with Crippen LogP contribution in [0.1, 0.15) is 18.1 Å². The SMILES string of the molecule is CCNC(=NCc1ccc(Oc2ccc(F)cc2)nc1)NCc1ccc(OC)cc1.I. The highest BCUT2D eigenvalue weighted by Gasteiger charge is 2.02. The third-order valence-corrected chi connectivity index (χ3v) is 4.22. The van der Waals surface area contributed by atoms with E-state index in [4.69, 9.17) is 9.47 Å². The van der Waals surface area contributed by atoms with Gasteiger partial charge in [0.25, 0.3) is 0 Å². The molecule has 0 aliphatic heterocycles. The quantitative estimate of drug-likeness (QED) is 0.244. The van der Waals surface area contributed by atoms with Crippen molar-refractivity contribution in [1.29, 1.82) is 0 Å². The summed E-state index contributed by atoms with van der Waals surface area (Å²) in [6.45, 7) is 3.91. The lowest BCUT2D eigenvalue weighted by molar-refractivity contribution is 0.414. The number of aromatic nitrogens is 1. The van der Waals surface area contributed by atoms with Gasteiger partial charge in [-0.1, -0.05) is 18.2 Å². The molecule has 0 saturated carbocycles. The summed E-state index contributed by atoms with van der Waals surface area (Å²) in [5, 5.41) is 6.55.